The molecule has 0 heterocycles. The first-order valence-electron chi connectivity index (χ1n) is 3.35. The Morgan fingerprint density at radius 2 is 2.00 bits per heavy atom. The highest BCUT2D eigenvalue weighted by Crippen LogP contribution is 1.79. The molecule has 12 heavy (non-hydrogen) atoms. The van der Waals surface area contributed by atoms with Crippen molar-refractivity contribution in [3.05, 3.63) is 24.4 Å². The maximum atomic E-state index is 10.5. The molecule has 0 saturated heterocycles. The zero-order valence-electron chi connectivity index (χ0n) is 7.03. The topological polar surface area (TPSA) is 55.4 Å². The molecule has 0 radical (unpaired) electrons. The number of hydrogen-bond donors (Lipinski definition) is 1. The van der Waals surface area contributed by atoms with Gasteiger partial charge in [-0.3, -0.25) is 4.79 Å². The number of carbonyl (C=O) groups is 2. The van der Waals surface area contributed by atoms with Gasteiger partial charge in [0.25, 0.3) is 0 Å². The van der Waals surface area contributed by atoms with Gasteiger partial charge in [-0.1, -0.05) is 6.08 Å². The van der Waals surface area contributed by atoms with Crippen molar-refractivity contribution in [1.29, 1.82) is 0 Å². The summed E-state index contributed by atoms with van der Waals surface area (Å²) in [5.41, 5.74) is 0. The lowest BCUT2D eigenvalue weighted by Gasteiger charge is -1.88. The van der Waals surface area contributed by atoms with E-state index in [0.29, 0.717) is 0 Å². The third kappa shape index (κ3) is 6.54. The maximum Gasteiger partial charge on any atom is 0.330 e. The molecular weight excluding hydrogens is 158 g/mol. The fraction of sp³-hybridized carbons (Fsp3) is 0.250. The summed E-state index contributed by atoms with van der Waals surface area (Å²) < 4.78 is 4.33. The average Bonchev–Trinajstić information content (AvgIpc) is 2.03. The molecule has 0 aromatic carbocycles. The van der Waals surface area contributed by atoms with E-state index in [1.54, 1.807) is 0 Å². The van der Waals surface area contributed by atoms with Crippen LogP contribution in [0.4, 0.5) is 0 Å². The summed E-state index contributed by atoms with van der Waals surface area (Å²) in [6.45, 7) is 1.40. The third-order valence-electron chi connectivity index (χ3n) is 0.927. The standard InChI is InChI=1S/C8H11NO3/c1-7(10)9-6-4-3-5-8(11)12-2/h3-6H,1-2H3,(H,9,10)/b5-3+,6-4+. The van der Waals surface area contributed by atoms with Gasteiger partial charge in [0.2, 0.25) is 5.91 Å². The van der Waals surface area contributed by atoms with Crippen molar-refractivity contribution in [2.24, 2.45) is 0 Å². The quantitative estimate of drug-likeness (QED) is 0.377. The van der Waals surface area contributed by atoms with Crippen LogP contribution in [0.2, 0.25) is 0 Å². The first kappa shape index (κ1) is 10.4. The van der Waals surface area contributed by atoms with Gasteiger partial charge in [-0.2, -0.15) is 0 Å². The highest BCUT2D eigenvalue weighted by Gasteiger charge is 1.86. The predicted molar refractivity (Wildman–Crippen MR) is 44.1 cm³/mol. The molecule has 0 aliphatic carbocycles. The molecule has 66 valence electrons. The molecule has 1 amide bonds. The fourth-order valence-corrected chi connectivity index (χ4v) is 0.423. The van der Waals surface area contributed by atoms with Gasteiger partial charge in [0.05, 0.1) is 7.11 Å². The summed E-state index contributed by atoms with van der Waals surface area (Å²) in [6.07, 6.45) is 5.68. The van der Waals surface area contributed by atoms with Crippen LogP contribution < -0.4 is 5.32 Å². The van der Waals surface area contributed by atoms with Gasteiger partial charge in [-0.05, 0) is 6.08 Å². The van der Waals surface area contributed by atoms with Crippen LogP contribution in [0.5, 0.6) is 0 Å². The molecule has 0 saturated carbocycles. The Morgan fingerprint density at radius 1 is 1.33 bits per heavy atom. The van der Waals surface area contributed by atoms with Gasteiger partial charge in [0.1, 0.15) is 0 Å². The van der Waals surface area contributed by atoms with Crippen LogP contribution >= 0.6 is 0 Å². The number of methoxy groups -OCH3 is 1. The predicted octanol–water partition coefficient (Wildman–Crippen LogP) is 0.365. The number of rotatable bonds is 3. The lowest BCUT2D eigenvalue weighted by molar-refractivity contribution is -0.134. The van der Waals surface area contributed by atoms with Crippen LogP contribution in [0, 0.1) is 0 Å². The Morgan fingerprint density at radius 3 is 2.50 bits per heavy atom. The van der Waals surface area contributed by atoms with Crippen molar-refractivity contribution in [1.82, 2.24) is 5.32 Å². The maximum absolute atomic E-state index is 10.5. The molecule has 0 aliphatic heterocycles. The van der Waals surface area contributed by atoms with Crippen molar-refractivity contribution < 1.29 is 14.3 Å². The van der Waals surface area contributed by atoms with Gasteiger partial charge in [-0.25, -0.2) is 4.79 Å². The molecular formula is C8H11NO3. The number of esters is 1. The Hall–Kier alpha value is -1.58. The van der Waals surface area contributed by atoms with Crippen molar-refractivity contribution in [2.45, 2.75) is 6.92 Å². The van der Waals surface area contributed by atoms with Gasteiger partial charge >= 0.3 is 5.97 Å². The lowest BCUT2D eigenvalue weighted by Crippen LogP contribution is -2.10. The van der Waals surface area contributed by atoms with Gasteiger partial charge in [0.15, 0.2) is 0 Å². The Kier molecular flexibility index (Phi) is 5.34. The molecule has 0 unspecified atom stereocenters. The van der Waals surface area contributed by atoms with Crippen LogP contribution in [0.1, 0.15) is 6.92 Å². The minimum Gasteiger partial charge on any atom is -0.466 e. The van der Waals surface area contributed by atoms with E-state index in [1.165, 1.54) is 38.5 Å². The molecule has 0 spiro atoms. The van der Waals surface area contributed by atoms with E-state index in [4.69, 9.17) is 0 Å². The van der Waals surface area contributed by atoms with Crippen molar-refractivity contribution in [3.8, 4) is 0 Å². The van der Waals surface area contributed by atoms with Gasteiger partial charge in [-0.15, -0.1) is 0 Å². The SMILES string of the molecule is COC(=O)/C=C/C=C/NC(C)=O. The molecule has 0 aromatic rings. The zero-order chi connectivity index (χ0) is 9.40. The Labute approximate surface area is 70.9 Å². The Balaban J connectivity index is 3.66. The first-order chi connectivity index (χ1) is 5.66. The number of allylic oxidation sites excluding steroid dienone is 2. The molecule has 0 atom stereocenters. The molecule has 0 fully saturated rings. The minimum absolute atomic E-state index is 0.155. The summed E-state index contributed by atoms with van der Waals surface area (Å²) in [5, 5.41) is 2.41. The largest absolute Gasteiger partial charge is 0.466 e. The van der Waals surface area contributed by atoms with Crippen molar-refractivity contribution >= 4 is 11.9 Å². The summed E-state index contributed by atoms with van der Waals surface area (Å²) >= 11 is 0. The number of nitrogens with one attached hydrogen (secondary N) is 1. The summed E-state index contributed by atoms with van der Waals surface area (Å²) in [7, 11) is 1.30. The van der Waals surface area contributed by atoms with Crippen molar-refractivity contribution in [2.75, 3.05) is 7.11 Å². The number of hydrogen-bond acceptors (Lipinski definition) is 3. The highest BCUT2D eigenvalue weighted by molar-refractivity contribution is 5.82. The summed E-state index contributed by atoms with van der Waals surface area (Å²) in [6, 6.07) is 0. The molecule has 0 bridgehead atoms. The van der Waals surface area contributed by atoms with E-state index in [9.17, 15) is 9.59 Å². The molecule has 4 heteroatoms. The number of carbonyl (C=O) groups excluding carboxylic acids is 2. The van der Waals surface area contributed by atoms with E-state index in [2.05, 4.69) is 10.1 Å². The first-order valence-corrected chi connectivity index (χ1v) is 3.35. The van der Waals surface area contributed by atoms with Crippen LogP contribution in [0.15, 0.2) is 24.4 Å². The molecule has 0 aliphatic rings. The number of ether oxygens (including phenoxy) is 1. The molecule has 1 N–H and O–H groups in total. The second kappa shape index (κ2) is 6.15. The molecule has 0 rings (SSSR count). The normalized spacial score (nSPS) is 10.5. The smallest absolute Gasteiger partial charge is 0.330 e. The summed E-state index contributed by atoms with van der Waals surface area (Å²) in [4.78, 5) is 20.8. The van der Waals surface area contributed by atoms with E-state index >= 15 is 0 Å². The van der Waals surface area contributed by atoms with Gasteiger partial charge < -0.3 is 10.1 Å². The fourth-order valence-electron chi connectivity index (χ4n) is 0.423. The lowest BCUT2D eigenvalue weighted by atomic mass is 10.5. The van der Waals surface area contributed by atoms with E-state index < -0.39 is 5.97 Å². The Bertz CT molecular complexity index is 218. The number of amides is 1. The highest BCUT2D eigenvalue weighted by atomic mass is 16.5. The van der Waals surface area contributed by atoms with Crippen LogP contribution in [-0.4, -0.2) is 19.0 Å². The van der Waals surface area contributed by atoms with Crippen LogP contribution in [0.25, 0.3) is 0 Å². The third-order valence-corrected chi connectivity index (χ3v) is 0.927. The monoisotopic (exact) mass is 169 g/mol. The summed E-state index contributed by atoms with van der Waals surface area (Å²) in [5.74, 6) is -0.583. The second-order valence-electron chi connectivity index (χ2n) is 1.94. The molecule has 4 nitrogen and oxygen atoms in total. The minimum atomic E-state index is -0.428. The zero-order valence-corrected chi connectivity index (χ0v) is 7.03. The van der Waals surface area contributed by atoms with Crippen molar-refractivity contribution in [3.63, 3.8) is 0 Å². The van der Waals surface area contributed by atoms with E-state index in [0.717, 1.165) is 0 Å². The van der Waals surface area contributed by atoms with Gasteiger partial charge in [0, 0.05) is 19.2 Å². The molecule has 0 aromatic heterocycles. The average molecular weight is 169 g/mol. The van der Waals surface area contributed by atoms with Crippen LogP contribution in [-0.2, 0) is 14.3 Å². The second-order valence-corrected chi connectivity index (χ2v) is 1.94. The van der Waals surface area contributed by atoms with Crippen LogP contribution in [0.3, 0.4) is 0 Å². The van der Waals surface area contributed by atoms with E-state index in [-0.39, 0.29) is 5.91 Å². The van der Waals surface area contributed by atoms with E-state index in [1.807, 2.05) is 0 Å².